The molecule has 0 aliphatic carbocycles. The van der Waals surface area contributed by atoms with Crippen molar-refractivity contribution in [3.63, 3.8) is 0 Å². The summed E-state index contributed by atoms with van der Waals surface area (Å²) in [5, 5.41) is -1.79. The van der Waals surface area contributed by atoms with Crippen molar-refractivity contribution in [2.45, 2.75) is 21.3 Å². The van der Waals surface area contributed by atoms with Gasteiger partial charge in [-0.1, -0.05) is 11.6 Å². The van der Waals surface area contributed by atoms with Crippen LogP contribution >= 0.6 is 68.6 Å². The maximum atomic E-state index is 5.83. The predicted molar refractivity (Wildman–Crippen MR) is 57.1 cm³/mol. The van der Waals surface area contributed by atoms with Gasteiger partial charge in [0, 0.05) is 0 Å². The summed E-state index contributed by atoms with van der Waals surface area (Å²) >= 11 is 34.7. The highest BCUT2D eigenvalue weighted by atomic mass is 35.7. The lowest BCUT2D eigenvalue weighted by Crippen LogP contribution is -2.55. The summed E-state index contributed by atoms with van der Waals surface area (Å²) in [6.45, 7) is -3.00. The second-order valence-corrected chi connectivity index (χ2v) is 10.5. The fourth-order valence-electron chi connectivity index (χ4n) is 0.771. The van der Waals surface area contributed by atoms with Crippen LogP contribution in [0.1, 0.15) is 0 Å². The van der Waals surface area contributed by atoms with Gasteiger partial charge in [0.05, 0.1) is 15.8 Å². The Hall–Kier alpha value is 1.92. The normalized spacial score (nSPS) is 47.5. The van der Waals surface area contributed by atoms with Gasteiger partial charge in [-0.3, -0.25) is 0 Å². The average molecular weight is 309 g/mol. The van der Waals surface area contributed by atoms with Crippen LogP contribution in [0.15, 0.2) is 0 Å². The van der Waals surface area contributed by atoms with E-state index >= 15 is 0 Å². The van der Waals surface area contributed by atoms with Gasteiger partial charge in [-0.05, 0) is 0 Å². The molecular weight excluding hydrogens is 305 g/mol. The van der Waals surface area contributed by atoms with Gasteiger partial charge in [-0.15, -0.1) is 57.0 Å². The molecule has 0 N–H and O–H groups in total. The summed E-state index contributed by atoms with van der Waals surface area (Å²) in [7, 11) is 0. The van der Waals surface area contributed by atoms with E-state index in [0.29, 0.717) is 0 Å². The number of rotatable bonds is 0. The topological polar surface area (TPSA) is 9.23 Å². The Balaban J connectivity index is 2.78. The number of hydrogen-bond acceptors (Lipinski definition) is 1. The van der Waals surface area contributed by atoms with E-state index in [0.717, 1.165) is 0 Å². The van der Waals surface area contributed by atoms with Gasteiger partial charge in [0.25, 0.3) is 0 Å². The minimum absolute atomic E-state index is 0.564. The lowest BCUT2D eigenvalue weighted by molar-refractivity contribution is 0.254. The quantitative estimate of drug-likeness (QED) is 0.379. The van der Waals surface area contributed by atoms with Crippen LogP contribution in [-0.4, -0.2) is 28.3 Å². The van der Waals surface area contributed by atoms with Crippen molar-refractivity contribution in [1.29, 1.82) is 0 Å². The third-order valence-corrected chi connectivity index (χ3v) is 8.93. The molecule has 0 spiro atoms. The van der Waals surface area contributed by atoms with Crippen LogP contribution in [0.5, 0.6) is 0 Å². The molecule has 1 heterocycles. The zero-order valence-electron chi connectivity index (χ0n) is 5.49. The molecule has 1 nitrogen and oxygen atoms in total. The molecule has 1 rings (SSSR count). The molecule has 0 bridgehead atoms. The lowest BCUT2D eigenvalue weighted by atomic mass is 10.3. The van der Waals surface area contributed by atoms with E-state index in [9.17, 15) is 0 Å². The monoisotopic (exact) mass is 306 g/mol. The van der Waals surface area contributed by atoms with Crippen LogP contribution in [0.25, 0.3) is 0 Å². The first kappa shape index (κ1) is 12.0. The Bertz CT molecular complexity index is 177. The molecular formula is C4H4Cl6OSi. The minimum Gasteiger partial charge on any atom is -0.373 e. The maximum Gasteiger partial charge on any atom is 0.410 e. The largest absolute Gasteiger partial charge is 0.410 e. The SMILES string of the molecule is ClC1O[Si](Cl)(Cl)C(Cl)C(Cl)C1Cl. The van der Waals surface area contributed by atoms with Crippen LogP contribution in [0, 0.1) is 0 Å². The highest BCUT2D eigenvalue weighted by Gasteiger charge is 2.54. The highest BCUT2D eigenvalue weighted by molar-refractivity contribution is 7.44. The first-order valence-corrected chi connectivity index (χ1v) is 8.73. The van der Waals surface area contributed by atoms with E-state index in [2.05, 4.69) is 0 Å². The van der Waals surface area contributed by atoms with E-state index in [4.69, 9.17) is 73.0 Å². The van der Waals surface area contributed by atoms with Crippen LogP contribution in [0.4, 0.5) is 0 Å². The van der Waals surface area contributed by atoms with Crippen LogP contribution in [-0.2, 0) is 4.43 Å². The van der Waals surface area contributed by atoms with E-state index in [1.165, 1.54) is 0 Å². The van der Waals surface area contributed by atoms with Gasteiger partial charge >= 0.3 is 6.94 Å². The summed E-state index contributed by atoms with van der Waals surface area (Å²) in [4.78, 5) is 0. The first-order valence-electron chi connectivity index (χ1n) is 2.98. The van der Waals surface area contributed by atoms with Crippen molar-refractivity contribution < 1.29 is 4.43 Å². The Kier molecular flexibility index (Phi) is 4.19. The molecule has 0 aromatic rings. The molecule has 72 valence electrons. The molecule has 4 atom stereocenters. The summed E-state index contributed by atoms with van der Waals surface area (Å²) < 4.78 is 5.06. The predicted octanol–water partition coefficient (Wildman–Crippen LogP) is 3.36. The zero-order valence-corrected chi connectivity index (χ0v) is 11.0. The van der Waals surface area contributed by atoms with Crippen molar-refractivity contribution in [1.82, 2.24) is 0 Å². The maximum absolute atomic E-state index is 5.83. The highest BCUT2D eigenvalue weighted by Crippen LogP contribution is 2.41. The number of alkyl halides is 4. The van der Waals surface area contributed by atoms with E-state index in [1.807, 2.05) is 0 Å². The Morgan fingerprint density at radius 2 is 1.42 bits per heavy atom. The second-order valence-electron chi connectivity index (χ2n) is 2.32. The molecule has 0 aromatic heterocycles. The third-order valence-electron chi connectivity index (χ3n) is 1.42. The smallest absolute Gasteiger partial charge is 0.373 e. The number of hydrogen-bond donors (Lipinski definition) is 0. The molecule has 12 heavy (non-hydrogen) atoms. The molecule has 8 heteroatoms. The van der Waals surface area contributed by atoms with Gasteiger partial charge < -0.3 is 4.43 Å². The van der Waals surface area contributed by atoms with Crippen LogP contribution in [0.3, 0.4) is 0 Å². The first-order chi connectivity index (χ1) is 5.36. The molecule has 0 saturated carbocycles. The fourth-order valence-corrected chi connectivity index (χ4v) is 6.08. The summed E-state index contributed by atoms with van der Waals surface area (Å²) in [5.41, 5.74) is -0.772. The van der Waals surface area contributed by atoms with Crippen molar-refractivity contribution in [3.8, 4) is 0 Å². The molecule has 4 unspecified atom stereocenters. The van der Waals surface area contributed by atoms with Gasteiger partial charge in [0.1, 0.15) is 5.56 Å². The molecule has 1 saturated heterocycles. The molecule has 1 aliphatic rings. The van der Waals surface area contributed by atoms with Crippen LogP contribution in [0.2, 0.25) is 0 Å². The van der Waals surface area contributed by atoms with E-state index in [1.54, 1.807) is 0 Å². The van der Waals surface area contributed by atoms with Crippen molar-refractivity contribution in [3.05, 3.63) is 0 Å². The molecule has 1 fully saturated rings. The van der Waals surface area contributed by atoms with Gasteiger partial charge in [0.2, 0.25) is 0 Å². The Labute approximate surface area is 101 Å². The molecule has 1 aliphatic heterocycles. The van der Waals surface area contributed by atoms with Crippen molar-refractivity contribution in [2.24, 2.45) is 0 Å². The average Bonchev–Trinajstić information content (AvgIpc) is 1.97. The summed E-state index contributed by atoms with van der Waals surface area (Å²) in [5.74, 6) is 0. The molecule has 0 amide bonds. The molecule has 0 aromatic carbocycles. The van der Waals surface area contributed by atoms with Crippen molar-refractivity contribution in [2.75, 3.05) is 0 Å². The third kappa shape index (κ3) is 2.29. The standard InChI is InChI=1S/C4H4Cl6OSi/c5-1-2(6)4(8)12(9,10)11-3(1)7/h1-4H. The Morgan fingerprint density at radius 3 is 1.92 bits per heavy atom. The van der Waals surface area contributed by atoms with Crippen LogP contribution < -0.4 is 0 Å². The van der Waals surface area contributed by atoms with E-state index < -0.39 is 28.3 Å². The van der Waals surface area contributed by atoms with Crippen molar-refractivity contribution >= 4 is 75.5 Å². The van der Waals surface area contributed by atoms with Gasteiger partial charge in [0.15, 0.2) is 0 Å². The molecule has 0 radical (unpaired) electrons. The summed E-state index contributed by atoms with van der Waals surface area (Å²) in [6.07, 6.45) is 0. The minimum atomic E-state index is -3.00. The number of halogens is 6. The van der Waals surface area contributed by atoms with Gasteiger partial charge in [-0.25, -0.2) is 0 Å². The van der Waals surface area contributed by atoms with Gasteiger partial charge in [-0.2, -0.15) is 0 Å². The Morgan fingerprint density at radius 1 is 0.917 bits per heavy atom. The lowest BCUT2D eigenvalue weighted by Gasteiger charge is -2.37. The fraction of sp³-hybridized carbons (Fsp3) is 1.00. The summed E-state index contributed by atoms with van der Waals surface area (Å²) in [6, 6.07) is 0. The van der Waals surface area contributed by atoms with E-state index in [-0.39, 0.29) is 0 Å². The zero-order chi connectivity index (χ0) is 9.52. The second kappa shape index (κ2) is 4.19.